The average Bonchev–Trinajstić information content (AvgIpc) is 2.78. The van der Waals surface area contributed by atoms with Crippen LogP contribution in [0.4, 0.5) is 5.95 Å². The molecule has 7 nitrogen and oxygen atoms in total. The number of carbonyl (C=O) groups excluding carboxylic acids is 1. The van der Waals surface area contributed by atoms with Gasteiger partial charge in [-0.15, -0.1) is 0 Å². The molecule has 2 aromatic carbocycles. The fraction of sp³-hybridized carbons (Fsp3) is 0.357. The number of nitrogens with two attached hydrogens (primary N) is 1. The number of hydrogen-bond acceptors (Lipinski definition) is 7. The van der Waals surface area contributed by atoms with Gasteiger partial charge >= 0.3 is 0 Å². The number of halogens is 1. The Morgan fingerprint density at radius 2 is 1.81 bits per heavy atom. The molecule has 4 rings (SSSR count). The van der Waals surface area contributed by atoms with E-state index in [1.165, 1.54) is 0 Å². The first-order chi connectivity index (χ1) is 17.0. The third kappa shape index (κ3) is 5.84. The van der Waals surface area contributed by atoms with Crippen LogP contribution in [0.25, 0.3) is 11.1 Å². The van der Waals surface area contributed by atoms with E-state index in [0.29, 0.717) is 45.2 Å². The van der Waals surface area contributed by atoms with Crippen molar-refractivity contribution < 1.29 is 14.3 Å². The van der Waals surface area contributed by atoms with Crippen molar-refractivity contribution in [2.45, 2.75) is 58.2 Å². The second-order valence-electron chi connectivity index (χ2n) is 10.4. The van der Waals surface area contributed by atoms with Crippen LogP contribution in [0.5, 0.6) is 11.5 Å². The highest BCUT2D eigenvalue weighted by atomic mass is 35.5. The third-order valence-corrected chi connectivity index (χ3v) is 6.48. The Bertz CT molecular complexity index is 1310. The van der Waals surface area contributed by atoms with Crippen LogP contribution in [-0.2, 0) is 4.74 Å². The lowest BCUT2D eigenvalue weighted by molar-refractivity contribution is -0.171. The number of nitrogens with zero attached hydrogens (tertiary/aromatic N) is 3. The molecule has 3 aromatic rings. The summed E-state index contributed by atoms with van der Waals surface area (Å²) in [6.45, 7) is 8.27. The van der Waals surface area contributed by atoms with Gasteiger partial charge in [-0.05, 0) is 70.7 Å². The van der Waals surface area contributed by atoms with Gasteiger partial charge < -0.3 is 15.2 Å². The highest BCUT2D eigenvalue weighted by Crippen LogP contribution is 2.41. The van der Waals surface area contributed by atoms with Gasteiger partial charge in [0.2, 0.25) is 5.95 Å². The van der Waals surface area contributed by atoms with Gasteiger partial charge in [0.05, 0.1) is 16.2 Å². The predicted molar refractivity (Wildman–Crippen MR) is 139 cm³/mol. The Hall–Kier alpha value is -3.47. The van der Waals surface area contributed by atoms with Crippen molar-refractivity contribution in [3.05, 3.63) is 64.9 Å². The van der Waals surface area contributed by atoms with Crippen molar-refractivity contribution in [2.24, 2.45) is 5.92 Å². The number of anilines is 1. The molecule has 0 amide bonds. The van der Waals surface area contributed by atoms with E-state index in [1.54, 1.807) is 48.8 Å². The van der Waals surface area contributed by atoms with Gasteiger partial charge in [-0.1, -0.05) is 23.7 Å². The quantitative estimate of drug-likeness (QED) is 0.376. The van der Waals surface area contributed by atoms with Crippen molar-refractivity contribution in [1.29, 1.82) is 5.26 Å². The molecule has 0 bridgehead atoms. The molecule has 1 saturated heterocycles. The molecule has 1 aliphatic heterocycles. The van der Waals surface area contributed by atoms with Gasteiger partial charge in [-0.25, -0.2) is 9.97 Å². The van der Waals surface area contributed by atoms with Crippen LogP contribution in [0.1, 0.15) is 62.9 Å². The monoisotopic (exact) mass is 504 g/mol. The standard InChI is InChI=1S/C28H29ClN4O3/c1-27(2)12-17(13-28(3,4)36-27)10-23(34)18-8-9-25(22(29)11-18)35-24-7-5-6-20(21(24)14-30)19-15-32-26(31)33-16-19/h5-9,11,15-17H,10,12-13H2,1-4H3,(H2,31,32,33). The highest BCUT2D eigenvalue weighted by molar-refractivity contribution is 6.32. The Labute approximate surface area is 216 Å². The number of ether oxygens (including phenoxy) is 2. The zero-order chi connectivity index (χ0) is 26.1. The number of carbonyl (C=O) groups is 1. The van der Waals surface area contributed by atoms with Crippen LogP contribution in [0.3, 0.4) is 0 Å². The van der Waals surface area contributed by atoms with Crippen LogP contribution in [0, 0.1) is 17.2 Å². The number of benzene rings is 2. The van der Waals surface area contributed by atoms with Crippen molar-refractivity contribution in [3.8, 4) is 28.7 Å². The summed E-state index contributed by atoms with van der Waals surface area (Å²) in [7, 11) is 0. The molecule has 2 N–H and O–H groups in total. The Kier molecular flexibility index (Phi) is 7.03. The summed E-state index contributed by atoms with van der Waals surface area (Å²) in [5.74, 6) is 1.09. The lowest BCUT2D eigenvalue weighted by Crippen LogP contribution is -2.45. The lowest BCUT2D eigenvalue weighted by Gasteiger charge is -2.45. The summed E-state index contributed by atoms with van der Waals surface area (Å²) in [6.07, 6.45) is 5.18. The molecule has 0 atom stereocenters. The van der Waals surface area contributed by atoms with Gasteiger partial charge in [0.1, 0.15) is 23.1 Å². The van der Waals surface area contributed by atoms with Crippen LogP contribution >= 0.6 is 11.6 Å². The number of ketones is 1. The molecular weight excluding hydrogens is 476 g/mol. The third-order valence-electron chi connectivity index (χ3n) is 6.18. The Morgan fingerprint density at radius 1 is 1.14 bits per heavy atom. The summed E-state index contributed by atoms with van der Waals surface area (Å²) in [5.41, 5.74) is 7.13. The molecule has 0 spiro atoms. The van der Waals surface area contributed by atoms with E-state index >= 15 is 0 Å². The van der Waals surface area contributed by atoms with E-state index in [0.717, 1.165) is 12.8 Å². The van der Waals surface area contributed by atoms with Gasteiger partial charge in [-0.2, -0.15) is 5.26 Å². The smallest absolute Gasteiger partial charge is 0.219 e. The van der Waals surface area contributed by atoms with E-state index in [2.05, 4.69) is 43.7 Å². The molecule has 1 fully saturated rings. The van der Waals surface area contributed by atoms with Crippen molar-refractivity contribution in [1.82, 2.24) is 9.97 Å². The number of nitrogen functional groups attached to an aromatic ring is 1. The summed E-state index contributed by atoms with van der Waals surface area (Å²) < 4.78 is 12.2. The predicted octanol–water partition coefficient (Wildman–Crippen LogP) is 6.60. The van der Waals surface area contributed by atoms with Crippen LogP contribution in [0.2, 0.25) is 5.02 Å². The maximum absolute atomic E-state index is 13.1. The number of rotatable bonds is 6. The fourth-order valence-corrected chi connectivity index (χ4v) is 5.36. The summed E-state index contributed by atoms with van der Waals surface area (Å²) >= 11 is 6.51. The highest BCUT2D eigenvalue weighted by Gasteiger charge is 2.39. The van der Waals surface area contributed by atoms with Gasteiger partial charge in [0.25, 0.3) is 0 Å². The van der Waals surface area contributed by atoms with E-state index in [4.69, 9.17) is 26.8 Å². The second kappa shape index (κ2) is 9.88. The first-order valence-corrected chi connectivity index (χ1v) is 12.2. The molecule has 0 saturated carbocycles. The fourth-order valence-electron chi connectivity index (χ4n) is 5.14. The zero-order valence-electron chi connectivity index (χ0n) is 20.8. The molecule has 0 unspecified atom stereocenters. The largest absolute Gasteiger partial charge is 0.454 e. The molecule has 1 aromatic heterocycles. The minimum atomic E-state index is -0.270. The summed E-state index contributed by atoms with van der Waals surface area (Å²) in [6, 6.07) is 12.4. The lowest BCUT2D eigenvalue weighted by atomic mass is 9.78. The van der Waals surface area contributed by atoms with Crippen LogP contribution in [-0.4, -0.2) is 27.0 Å². The number of nitriles is 1. The topological polar surface area (TPSA) is 111 Å². The van der Waals surface area contributed by atoms with Gasteiger partial charge in [-0.3, -0.25) is 4.79 Å². The van der Waals surface area contributed by atoms with E-state index in [9.17, 15) is 10.1 Å². The number of aromatic nitrogens is 2. The molecule has 0 aliphatic carbocycles. The molecule has 186 valence electrons. The number of hydrogen-bond donors (Lipinski definition) is 1. The van der Waals surface area contributed by atoms with Crippen molar-refractivity contribution in [3.63, 3.8) is 0 Å². The second-order valence-corrected chi connectivity index (χ2v) is 10.8. The van der Waals surface area contributed by atoms with E-state index in [1.807, 2.05) is 0 Å². The van der Waals surface area contributed by atoms with Crippen LogP contribution in [0.15, 0.2) is 48.8 Å². The summed E-state index contributed by atoms with van der Waals surface area (Å²) in [4.78, 5) is 21.1. The van der Waals surface area contributed by atoms with E-state index < -0.39 is 0 Å². The molecule has 2 heterocycles. The average molecular weight is 505 g/mol. The van der Waals surface area contributed by atoms with Gasteiger partial charge in [0.15, 0.2) is 5.78 Å². The minimum Gasteiger partial charge on any atom is -0.454 e. The van der Waals surface area contributed by atoms with Gasteiger partial charge in [0, 0.05) is 35.5 Å². The SMILES string of the molecule is CC1(C)CC(CC(=O)c2ccc(Oc3cccc(-c4cnc(N)nc4)c3C#N)c(Cl)c2)CC(C)(C)O1. The maximum Gasteiger partial charge on any atom is 0.219 e. The number of Topliss-reactive ketones (excluding diaryl/α,β-unsaturated/α-hetero) is 1. The normalized spacial score (nSPS) is 16.8. The zero-order valence-corrected chi connectivity index (χ0v) is 21.6. The van der Waals surface area contributed by atoms with E-state index in [-0.39, 0.29) is 28.9 Å². The maximum atomic E-state index is 13.1. The molecule has 36 heavy (non-hydrogen) atoms. The first-order valence-electron chi connectivity index (χ1n) is 11.8. The minimum absolute atomic E-state index is 0.0324. The van der Waals surface area contributed by atoms with Crippen molar-refractivity contribution in [2.75, 3.05) is 5.73 Å². The molecule has 8 heteroatoms. The molecular formula is C28H29ClN4O3. The summed E-state index contributed by atoms with van der Waals surface area (Å²) in [5, 5.41) is 10.1. The van der Waals surface area contributed by atoms with Crippen molar-refractivity contribution >= 4 is 23.3 Å². The Morgan fingerprint density at radius 3 is 2.42 bits per heavy atom. The first kappa shape index (κ1) is 25.6. The van der Waals surface area contributed by atoms with Crippen LogP contribution < -0.4 is 10.5 Å². The molecule has 1 aliphatic rings. The Balaban J connectivity index is 1.53. The molecule has 0 radical (unpaired) electrons.